The second-order valence-electron chi connectivity index (χ2n) is 3.31. The van der Waals surface area contributed by atoms with Crippen LogP contribution in [0, 0.1) is 0 Å². The molecule has 1 fully saturated rings. The maximum absolute atomic E-state index is 11.3. The van der Waals surface area contributed by atoms with Gasteiger partial charge in [0.05, 0.1) is 17.9 Å². The minimum atomic E-state index is -0.492. The Labute approximate surface area is 100 Å². The lowest BCUT2D eigenvalue weighted by molar-refractivity contribution is -0.125. The van der Waals surface area contributed by atoms with Crippen LogP contribution in [-0.2, 0) is 11.3 Å². The van der Waals surface area contributed by atoms with E-state index in [2.05, 4.69) is 0 Å². The fourth-order valence-corrected chi connectivity index (χ4v) is 2.08. The average molecular weight is 255 g/mol. The van der Waals surface area contributed by atoms with Crippen molar-refractivity contribution < 1.29 is 18.8 Å². The van der Waals surface area contributed by atoms with Crippen LogP contribution in [0.3, 0.4) is 0 Å². The molecule has 1 aromatic heterocycles. The number of furan rings is 1. The van der Waals surface area contributed by atoms with E-state index >= 15 is 0 Å². The Balaban J connectivity index is 2.09. The van der Waals surface area contributed by atoms with E-state index in [1.807, 2.05) is 5.43 Å². The van der Waals surface area contributed by atoms with Gasteiger partial charge in [-0.05, 0) is 6.07 Å². The van der Waals surface area contributed by atoms with Crippen LogP contribution < -0.4 is 11.3 Å². The molecular weight excluding hydrogens is 246 g/mol. The minimum Gasteiger partial charge on any atom is -0.467 e. The van der Waals surface area contributed by atoms with Gasteiger partial charge in [-0.2, -0.15) is 0 Å². The van der Waals surface area contributed by atoms with E-state index in [9.17, 15) is 14.4 Å². The molecule has 0 bridgehead atoms. The topological polar surface area (TPSA) is 106 Å². The number of amides is 3. The summed E-state index contributed by atoms with van der Waals surface area (Å²) in [6, 6.07) is 1.44. The van der Waals surface area contributed by atoms with E-state index in [4.69, 9.17) is 10.3 Å². The first-order valence-corrected chi connectivity index (χ1v) is 5.66. The third-order valence-corrected chi connectivity index (χ3v) is 3.06. The Kier molecular flexibility index (Phi) is 3.16. The summed E-state index contributed by atoms with van der Waals surface area (Å²) >= 11 is 0.947. The zero-order valence-electron chi connectivity index (χ0n) is 8.63. The first kappa shape index (κ1) is 11.7. The molecule has 3 N–H and O–H groups in total. The molecule has 0 radical (unpaired) electrons. The van der Waals surface area contributed by atoms with E-state index in [0.717, 1.165) is 16.7 Å². The Morgan fingerprint density at radius 1 is 1.59 bits per heavy atom. The van der Waals surface area contributed by atoms with Crippen LogP contribution >= 0.6 is 11.8 Å². The maximum Gasteiger partial charge on any atom is 0.289 e. The molecule has 8 heteroatoms. The highest BCUT2D eigenvalue weighted by atomic mass is 32.2. The van der Waals surface area contributed by atoms with Crippen LogP contribution in [0.15, 0.2) is 16.7 Å². The third kappa shape index (κ3) is 2.32. The fraction of sp³-hybridized carbons (Fsp3) is 0.222. The maximum atomic E-state index is 11.3. The SMILES string of the molecule is NNC(=O)c1coc(CN2C(=O)CSC2=O)c1. The highest BCUT2D eigenvalue weighted by molar-refractivity contribution is 8.14. The van der Waals surface area contributed by atoms with Gasteiger partial charge in [0.15, 0.2) is 0 Å². The van der Waals surface area contributed by atoms with Crippen LogP contribution in [-0.4, -0.2) is 27.7 Å². The number of hydrogen-bond acceptors (Lipinski definition) is 6. The van der Waals surface area contributed by atoms with Gasteiger partial charge in [-0.15, -0.1) is 0 Å². The van der Waals surface area contributed by atoms with Crippen molar-refractivity contribution in [3.05, 3.63) is 23.7 Å². The summed E-state index contributed by atoms with van der Waals surface area (Å²) in [6.45, 7) is 0.0303. The number of nitrogens with one attached hydrogen (secondary N) is 1. The lowest BCUT2D eigenvalue weighted by atomic mass is 10.3. The highest BCUT2D eigenvalue weighted by Crippen LogP contribution is 2.21. The van der Waals surface area contributed by atoms with Crippen LogP contribution in [0.2, 0.25) is 0 Å². The van der Waals surface area contributed by atoms with E-state index < -0.39 is 5.91 Å². The largest absolute Gasteiger partial charge is 0.467 e. The van der Waals surface area contributed by atoms with E-state index in [1.54, 1.807) is 0 Å². The number of nitrogens with zero attached hydrogens (tertiary/aromatic N) is 1. The molecule has 7 nitrogen and oxygen atoms in total. The standard InChI is InChI=1S/C9H9N3O4S/c10-11-8(14)5-1-6(16-3-5)2-12-7(13)4-17-9(12)15/h1,3H,2,4,10H2,(H,11,14). The van der Waals surface area contributed by atoms with Gasteiger partial charge in [0.25, 0.3) is 11.1 Å². The van der Waals surface area contributed by atoms with Crippen LogP contribution in [0.1, 0.15) is 16.1 Å². The molecule has 1 aliphatic rings. The monoisotopic (exact) mass is 255 g/mol. The minimum absolute atomic E-state index is 0.0303. The van der Waals surface area contributed by atoms with Crippen LogP contribution in [0.25, 0.3) is 0 Å². The molecule has 1 aromatic rings. The molecule has 1 saturated heterocycles. The second kappa shape index (κ2) is 4.60. The van der Waals surface area contributed by atoms with Gasteiger partial charge in [0, 0.05) is 0 Å². The molecule has 0 spiro atoms. The van der Waals surface area contributed by atoms with Crippen molar-refractivity contribution in [2.45, 2.75) is 6.54 Å². The molecule has 1 aliphatic heterocycles. The van der Waals surface area contributed by atoms with Crippen molar-refractivity contribution in [2.75, 3.05) is 5.75 Å². The zero-order valence-corrected chi connectivity index (χ0v) is 9.45. The lowest BCUT2D eigenvalue weighted by Crippen LogP contribution is -2.29. The van der Waals surface area contributed by atoms with Crippen molar-refractivity contribution in [3.8, 4) is 0 Å². The zero-order chi connectivity index (χ0) is 12.4. The molecule has 0 unspecified atom stereocenters. The summed E-state index contributed by atoms with van der Waals surface area (Å²) < 4.78 is 5.07. The lowest BCUT2D eigenvalue weighted by Gasteiger charge is -2.09. The Bertz CT molecular complexity index is 468. The van der Waals surface area contributed by atoms with Crippen LogP contribution in [0.5, 0.6) is 0 Å². The Morgan fingerprint density at radius 3 is 2.94 bits per heavy atom. The van der Waals surface area contributed by atoms with Gasteiger partial charge in [-0.1, -0.05) is 11.8 Å². The van der Waals surface area contributed by atoms with Crippen molar-refractivity contribution in [1.29, 1.82) is 0 Å². The van der Waals surface area contributed by atoms with Crippen molar-refractivity contribution in [1.82, 2.24) is 10.3 Å². The third-order valence-electron chi connectivity index (χ3n) is 2.20. The van der Waals surface area contributed by atoms with E-state index in [-0.39, 0.29) is 29.0 Å². The normalized spacial score (nSPS) is 15.5. The average Bonchev–Trinajstić information content (AvgIpc) is 2.90. The molecule has 2 heterocycles. The summed E-state index contributed by atoms with van der Waals surface area (Å²) in [6.07, 6.45) is 1.22. The number of nitrogen functional groups attached to an aromatic ring is 1. The summed E-state index contributed by atoms with van der Waals surface area (Å²) in [4.78, 5) is 34.9. The number of hydrogen-bond donors (Lipinski definition) is 2. The number of nitrogens with two attached hydrogens (primary N) is 1. The van der Waals surface area contributed by atoms with Crippen molar-refractivity contribution >= 4 is 28.8 Å². The summed E-state index contributed by atoms with van der Waals surface area (Å²) in [5.74, 6) is 4.71. The molecule has 0 aliphatic carbocycles. The van der Waals surface area contributed by atoms with Crippen LogP contribution in [0.4, 0.5) is 4.79 Å². The molecule has 17 heavy (non-hydrogen) atoms. The molecule has 3 amide bonds. The molecule has 90 valence electrons. The number of carbonyl (C=O) groups excluding carboxylic acids is 3. The van der Waals surface area contributed by atoms with Gasteiger partial charge in [-0.25, -0.2) is 5.84 Å². The Morgan fingerprint density at radius 2 is 2.35 bits per heavy atom. The quantitative estimate of drug-likeness (QED) is 0.450. The summed E-state index contributed by atoms with van der Waals surface area (Å²) in [5, 5.41) is -0.309. The number of imide groups is 1. The number of hydrazine groups is 1. The van der Waals surface area contributed by atoms with E-state index in [1.165, 1.54) is 12.3 Å². The Hall–Kier alpha value is -1.80. The molecular formula is C9H9N3O4S. The predicted molar refractivity (Wildman–Crippen MR) is 58.8 cm³/mol. The molecule has 2 rings (SSSR count). The molecule has 0 saturated carbocycles. The van der Waals surface area contributed by atoms with Gasteiger partial charge >= 0.3 is 0 Å². The van der Waals surface area contributed by atoms with Gasteiger partial charge in [-0.3, -0.25) is 24.7 Å². The van der Waals surface area contributed by atoms with Crippen molar-refractivity contribution in [2.24, 2.45) is 5.84 Å². The first-order valence-electron chi connectivity index (χ1n) is 4.67. The molecule has 0 aromatic carbocycles. The van der Waals surface area contributed by atoms with Gasteiger partial charge < -0.3 is 4.42 Å². The predicted octanol–water partition coefficient (Wildman–Crippen LogP) is 0.0785. The first-order chi connectivity index (χ1) is 8.11. The number of carbonyl (C=O) groups is 3. The van der Waals surface area contributed by atoms with Crippen molar-refractivity contribution in [3.63, 3.8) is 0 Å². The van der Waals surface area contributed by atoms with E-state index in [0.29, 0.717) is 5.76 Å². The van der Waals surface area contributed by atoms with Gasteiger partial charge in [0.1, 0.15) is 12.0 Å². The van der Waals surface area contributed by atoms with Gasteiger partial charge in [0.2, 0.25) is 5.91 Å². The smallest absolute Gasteiger partial charge is 0.289 e. The number of thioether (sulfide) groups is 1. The fourth-order valence-electron chi connectivity index (χ4n) is 1.36. The molecule has 0 atom stereocenters. The second-order valence-corrected chi connectivity index (χ2v) is 4.24. The summed E-state index contributed by atoms with van der Waals surface area (Å²) in [7, 11) is 0. The highest BCUT2D eigenvalue weighted by Gasteiger charge is 2.30. The number of rotatable bonds is 3. The summed E-state index contributed by atoms with van der Waals surface area (Å²) in [5.41, 5.74) is 2.20.